The summed E-state index contributed by atoms with van der Waals surface area (Å²) in [5.41, 5.74) is 20.6. The molecule has 472 valence electrons. The van der Waals surface area contributed by atoms with Gasteiger partial charge in [-0.15, -0.1) is 0 Å². The second kappa shape index (κ2) is 22.6. The number of rotatable bonds is 7. The second-order valence-electron chi connectivity index (χ2n) is 27.7. The van der Waals surface area contributed by atoms with Gasteiger partial charge >= 0.3 is 0 Å². The van der Waals surface area contributed by atoms with Crippen molar-refractivity contribution in [1.82, 2.24) is 8.97 Å². The Balaban J connectivity index is 1.00. The highest BCUT2D eigenvalue weighted by Gasteiger charge is 2.46. The summed E-state index contributed by atoms with van der Waals surface area (Å²) in [4.78, 5) is 4.95. The number of nitrogens with zero attached hydrogens (tertiary/aromatic N) is 5. The topological polar surface area (TPSA) is 39.6 Å². The Morgan fingerprint density at radius 2 is 0.842 bits per heavy atom. The minimum Gasteiger partial charge on any atom is -0.311 e. The highest BCUT2D eigenvalue weighted by Crippen LogP contribution is 2.53. The van der Waals surface area contributed by atoms with Crippen molar-refractivity contribution in [1.29, 1.82) is 5.26 Å². The van der Waals surface area contributed by atoms with Gasteiger partial charge in [0.25, 0.3) is 6.71 Å². The zero-order valence-electron chi connectivity index (χ0n) is 62.5. The van der Waals surface area contributed by atoms with Gasteiger partial charge < -0.3 is 18.8 Å². The molecule has 0 amide bonds. The number of hydrogen-bond donors (Lipinski definition) is 0. The van der Waals surface area contributed by atoms with Gasteiger partial charge in [0.15, 0.2) is 0 Å². The Morgan fingerprint density at radius 1 is 0.347 bits per heavy atom. The fourth-order valence-corrected chi connectivity index (χ4v) is 16.5. The Bertz CT molecular complexity index is 7030. The Kier molecular flexibility index (Phi) is 11.5. The Hall–Kier alpha value is -12.9. The molecule has 0 spiro atoms. The third-order valence-corrected chi connectivity index (χ3v) is 21.1. The first kappa shape index (κ1) is 51.3. The van der Waals surface area contributed by atoms with Crippen LogP contribution in [0, 0.1) is 11.3 Å². The van der Waals surface area contributed by atoms with Crippen molar-refractivity contribution in [3.8, 4) is 56.3 Å². The average Bonchev–Trinajstić information content (AvgIpc) is 1.06. The fourth-order valence-electron chi connectivity index (χ4n) is 16.5. The maximum absolute atomic E-state index is 10.6. The molecule has 5 heterocycles. The summed E-state index contributed by atoms with van der Waals surface area (Å²) >= 11 is 0. The molecule has 101 heavy (non-hydrogen) atoms. The number of fused-ring (bicyclic) bond motifs is 17. The molecule has 2 aliphatic heterocycles. The van der Waals surface area contributed by atoms with Gasteiger partial charge in [-0.2, -0.15) is 5.26 Å². The monoisotopic (exact) mass is 1290 g/mol. The first-order chi connectivity index (χ1) is 52.6. The van der Waals surface area contributed by atoms with Crippen LogP contribution in [-0.4, -0.2) is 15.7 Å². The number of aromatic nitrogens is 2. The van der Waals surface area contributed by atoms with E-state index in [1.807, 2.05) is 24.3 Å². The van der Waals surface area contributed by atoms with E-state index in [4.69, 9.17) is 1.37 Å². The fraction of sp³-hybridized carbons (Fsp3) is 0.0421. The van der Waals surface area contributed by atoms with Gasteiger partial charge in [0.1, 0.15) is 0 Å². The normalized spacial score (nSPS) is 13.6. The molecule has 6 heteroatoms. The van der Waals surface area contributed by atoms with E-state index < -0.39 is 36.3 Å². The van der Waals surface area contributed by atoms with Crippen molar-refractivity contribution in [2.24, 2.45) is 0 Å². The summed E-state index contributed by atoms with van der Waals surface area (Å²) in [7, 11) is 0. The zero-order valence-corrected chi connectivity index (χ0v) is 55.5. The molecule has 18 aromatic rings. The van der Waals surface area contributed by atoms with Crippen LogP contribution in [0.2, 0.25) is 0 Å². The lowest BCUT2D eigenvalue weighted by Gasteiger charge is -2.46. The van der Waals surface area contributed by atoms with E-state index in [-0.39, 0.29) is 45.5 Å². The molecule has 0 atom stereocenters. The number of hydrogen-bond acceptors (Lipinski definition) is 3. The van der Waals surface area contributed by atoms with Gasteiger partial charge in [-0.3, -0.25) is 0 Å². The van der Waals surface area contributed by atoms with Gasteiger partial charge in [0.05, 0.1) is 60.2 Å². The van der Waals surface area contributed by atoms with Crippen LogP contribution in [-0.2, 0) is 5.41 Å². The van der Waals surface area contributed by atoms with E-state index in [9.17, 15) is 13.5 Å². The van der Waals surface area contributed by atoms with Gasteiger partial charge in [-0.1, -0.05) is 269 Å². The van der Waals surface area contributed by atoms with Gasteiger partial charge in [-0.05, 0) is 167 Å². The summed E-state index contributed by atoms with van der Waals surface area (Å²) in [5.74, 6) is 0. The lowest BCUT2D eigenvalue weighted by molar-refractivity contribution is 0.590. The molecule has 0 unspecified atom stereocenters. The van der Waals surface area contributed by atoms with Crippen LogP contribution < -0.4 is 26.2 Å². The average molecular weight is 1290 g/mol. The first-order valence-electron chi connectivity index (χ1n) is 37.9. The molecule has 0 fully saturated rings. The quantitative estimate of drug-likeness (QED) is 0.149. The lowest BCUT2D eigenvalue weighted by atomic mass is 9.33. The first-order valence-corrected chi connectivity index (χ1v) is 34.4. The molecule has 0 N–H and O–H groups in total. The highest BCUT2D eigenvalue weighted by atomic mass is 15.2. The number of anilines is 6. The SMILES string of the molecule is [2H]c1c([2H])c([2H])c2c(c1[2H])c1c([2H])c(C#N)c([2H])c([2H])c1n2-c1ccc2c(c1)N(c1ccc(-c3ccccc3)cc1-c1ccccc1)c1cc(C(C)(C)C)cc3c1B2c1cc2c4ccccc4c4ccccc4c4cccc5c6ccccc6n(c2cc1N3c1ccc(-c2ccccc2)cc1-c1ccccc1)c45. The van der Waals surface area contributed by atoms with Crippen molar-refractivity contribution in [3.63, 3.8) is 0 Å². The Morgan fingerprint density at radius 3 is 1.43 bits per heavy atom. The summed E-state index contributed by atoms with van der Waals surface area (Å²) in [5, 5.41) is 19.4. The van der Waals surface area contributed by atoms with Gasteiger partial charge in [0.2, 0.25) is 0 Å². The summed E-state index contributed by atoms with van der Waals surface area (Å²) in [6, 6.07) is 104. The van der Waals surface area contributed by atoms with E-state index in [0.717, 1.165) is 160 Å². The predicted octanol–water partition coefficient (Wildman–Crippen LogP) is 23.3. The van der Waals surface area contributed by atoms with Crippen molar-refractivity contribution >= 4 is 139 Å². The van der Waals surface area contributed by atoms with Gasteiger partial charge in [-0.25, -0.2) is 0 Å². The summed E-state index contributed by atoms with van der Waals surface area (Å²) < 4.78 is 70.9. The third-order valence-electron chi connectivity index (χ3n) is 21.1. The smallest absolute Gasteiger partial charge is 0.252 e. The van der Waals surface area contributed by atoms with Crippen LogP contribution >= 0.6 is 0 Å². The largest absolute Gasteiger partial charge is 0.311 e. The van der Waals surface area contributed by atoms with Crippen LogP contribution in [0.25, 0.3) is 132 Å². The maximum atomic E-state index is 10.6. The molecule has 5 nitrogen and oxygen atoms in total. The molecule has 0 bridgehead atoms. The van der Waals surface area contributed by atoms with Crippen LogP contribution in [0.15, 0.2) is 333 Å². The maximum Gasteiger partial charge on any atom is 0.252 e. The predicted molar refractivity (Wildman–Crippen MR) is 427 cm³/mol. The van der Waals surface area contributed by atoms with Crippen LogP contribution in [0.4, 0.5) is 34.1 Å². The van der Waals surface area contributed by atoms with Crippen LogP contribution in [0.3, 0.4) is 0 Å². The van der Waals surface area contributed by atoms with Crippen molar-refractivity contribution in [3.05, 3.63) is 345 Å². The van der Waals surface area contributed by atoms with Crippen LogP contribution in [0.5, 0.6) is 0 Å². The van der Waals surface area contributed by atoms with E-state index in [0.29, 0.717) is 5.69 Å². The zero-order chi connectivity index (χ0) is 73.3. The van der Waals surface area contributed by atoms with E-state index in [2.05, 4.69) is 308 Å². The van der Waals surface area contributed by atoms with E-state index >= 15 is 0 Å². The Labute approximate surface area is 596 Å². The molecule has 0 saturated heterocycles. The van der Waals surface area contributed by atoms with Crippen LogP contribution in [0.1, 0.15) is 41.5 Å². The van der Waals surface area contributed by atoms with Crippen molar-refractivity contribution < 1.29 is 9.60 Å². The van der Waals surface area contributed by atoms with Crippen molar-refractivity contribution in [2.75, 3.05) is 9.80 Å². The molecule has 15 aromatic carbocycles. The molecule has 0 saturated carbocycles. The van der Waals surface area contributed by atoms with Crippen molar-refractivity contribution in [2.45, 2.75) is 26.2 Å². The molecular weight excluding hydrogens is 1220 g/mol. The molecule has 0 aliphatic carbocycles. The molecule has 0 radical (unpaired) electrons. The number of benzene rings is 15. The summed E-state index contributed by atoms with van der Waals surface area (Å²) in [6.45, 7) is 6.29. The lowest BCUT2D eigenvalue weighted by Crippen LogP contribution is -2.61. The highest BCUT2D eigenvalue weighted by molar-refractivity contribution is 7.00. The molecular formula is C95H64BN5. The molecule has 3 aromatic heterocycles. The van der Waals surface area contributed by atoms with E-state index in [1.54, 1.807) is 4.57 Å². The number of para-hydroxylation sites is 3. The third kappa shape index (κ3) is 8.96. The second-order valence-corrected chi connectivity index (χ2v) is 27.7. The number of nitriles is 1. The van der Waals surface area contributed by atoms with E-state index in [1.165, 1.54) is 0 Å². The standard InChI is InChI=1S/C95H64BN5/c1-95(2,3)67-54-91-93-92(55-67)100(86-50-45-66(62-27-10-5-11-28-62)53-78(86)64-31-14-7-15-32-64)90-58-88-80(72-36-19-17-34-70(72)69-33-16-18-35-71(69)75-39-24-40-76-73-37-20-23-42-84(73)101(88)94(75)76)57-82(90)96(93)81-47-46-68(98-83-41-22-21-38-74(83)79-51-60(59-97)43-48-87(79)98)56-89(81)99(91)85-49-44-65(61-25-8-4-9-26-61)52-77(85)63-29-12-6-13-30-63/h4-58H,1-3H3/i21D,22D,38D,41D,43D,48D,51D. The minimum absolute atomic E-state index is 0.00432. The van der Waals surface area contributed by atoms with Gasteiger partial charge in [0, 0.05) is 71.9 Å². The minimum atomic E-state index is -0.533. The molecule has 2 aliphatic rings. The summed E-state index contributed by atoms with van der Waals surface area (Å²) in [6.07, 6.45) is 0. The molecule has 20 rings (SSSR count).